The number of thiophene rings is 1. The van der Waals surface area contributed by atoms with Gasteiger partial charge in [0, 0.05) is 34.6 Å². The van der Waals surface area contributed by atoms with E-state index in [9.17, 15) is 9.90 Å². The van der Waals surface area contributed by atoms with Gasteiger partial charge in [-0.3, -0.25) is 0 Å². The molecule has 0 fully saturated rings. The summed E-state index contributed by atoms with van der Waals surface area (Å²) in [4.78, 5) is 11.9. The van der Waals surface area contributed by atoms with E-state index in [4.69, 9.17) is 22.4 Å². The molecule has 0 radical (unpaired) electrons. The fourth-order valence-corrected chi connectivity index (χ4v) is 3.22. The lowest BCUT2D eigenvalue weighted by Crippen LogP contribution is -1.98. The van der Waals surface area contributed by atoms with Gasteiger partial charge in [-0.1, -0.05) is 11.6 Å². The van der Waals surface area contributed by atoms with Crippen molar-refractivity contribution < 1.29 is 15.0 Å². The molecule has 0 aliphatic carbocycles. The molecule has 0 spiro atoms. The quantitative estimate of drug-likeness (QED) is 0.679. The van der Waals surface area contributed by atoms with Crippen molar-refractivity contribution in [3.8, 4) is 21.9 Å². The summed E-state index contributed by atoms with van der Waals surface area (Å²) in [5.41, 5.74) is 7.89. The monoisotopic (exact) mass is 334 g/mol. The zero-order chi connectivity index (χ0) is 15.9. The van der Waals surface area contributed by atoms with Crippen LogP contribution in [-0.4, -0.2) is 20.7 Å². The minimum Gasteiger partial charge on any atom is -0.507 e. The van der Waals surface area contributed by atoms with Gasteiger partial charge in [-0.05, 0) is 24.3 Å². The molecule has 3 rings (SSSR count). The molecule has 0 bridgehead atoms. The topological polar surface area (TPSA) is 88.5 Å². The number of carboxylic acid groups (broad SMARTS) is 1. The highest BCUT2D eigenvalue weighted by molar-refractivity contribution is 7.19. The molecule has 2 heterocycles. The zero-order valence-electron chi connectivity index (χ0n) is 11.2. The van der Waals surface area contributed by atoms with Gasteiger partial charge < -0.3 is 20.5 Å². The first-order valence-electron chi connectivity index (χ1n) is 6.25. The molecular weight excluding hydrogens is 324 g/mol. The first-order valence-corrected chi connectivity index (χ1v) is 7.45. The highest BCUT2D eigenvalue weighted by Crippen LogP contribution is 2.36. The van der Waals surface area contributed by atoms with Gasteiger partial charge in [0.25, 0.3) is 0 Å². The van der Waals surface area contributed by atoms with E-state index in [1.165, 1.54) is 23.5 Å². The molecule has 2 aromatic heterocycles. The van der Waals surface area contributed by atoms with E-state index < -0.39 is 5.97 Å². The molecule has 0 unspecified atom stereocenters. The number of halogens is 1. The number of nitrogen functional groups attached to an aromatic ring is 1. The van der Waals surface area contributed by atoms with Crippen molar-refractivity contribution in [2.45, 2.75) is 0 Å². The molecule has 0 atom stereocenters. The van der Waals surface area contributed by atoms with Crippen molar-refractivity contribution in [1.82, 2.24) is 4.57 Å². The number of nitrogens with zero attached hydrogens (tertiary/aromatic N) is 1. The molecule has 7 heteroatoms. The molecule has 22 heavy (non-hydrogen) atoms. The van der Waals surface area contributed by atoms with Crippen LogP contribution < -0.4 is 5.73 Å². The Morgan fingerprint density at radius 2 is 2.00 bits per heavy atom. The molecule has 5 nitrogen and oxygen atoms in total. The molecular formula is C15H11ClN2O3S. The molecule has 0 aliphatic heterocycles. The van der Waals surface area contributed by atoms with Gasteiger partial charge in [-0.15, -0.1) is 11.3 Å². The number of aromatic hydroxyl groups is 1. The lowest BCUT2D eigenvalue weighted by atomic mass is 10.2. The van der Waals surface area contributed by atoms with Crippen molar-refractivity contribution in [1.29, 1.82) is 0 Å². The maximum absolute atomic E-state index is 10.9. The largest absolute Gasteiger partial charge is 0.507 e. The van der Waals surface area contributed by atoms with Crippen molar-refractivity contribution in [3.05, 3.63) is 52.6 Å². The summed E-state index contributed by atoms with van der Waals surface area (Å²) in [5, 5.41) is 18.7. The average molecular weight is 335 g/mol. The minimum atomic E-state index is -1.18. The molecule has 3 aromatic rings. The number of phenols is 1. The molecule has 4 N–H and O–H groups in total. The van der Waals surface area contributed by atoms with Crippen molar-refractivity contribution in [3.63, 3.8) is 0 Å². The van der Waals surface area contributed by atoms with E-state index in [2.05, 4.69) is 0 Å². The van der Waals surface area contributed by atoms with Crippen LogP contribution in [0.2, 0.25) is 4.34 Å². The van der Waals surface area contributed by atoms with E-state index in [-0.39, 0.29) is 11.3 Å². The fraction of sp³-hybridized carbons (Fsp3) is 0. The van der Waals surface area contributed by atoms with Crippen LogP contribution in [-0.2, 0) is 0 Å². The summed E-state index contributed by atoms with van der Waals surface area (Å²) in [7, 11) is 0. The summed E-state index contributed by atoms with van der Waals surface area (Å²) in [6, 6.07) is 8.02. The summed E-state index contributed by atoms with van der Waals surface area (Å²) >= 11 is 7.35. The zero-order valence-corrected chi connectivity index (χ0v) is 12.7. The van der Waals surface area contributed by atoms with Crippen LogP contribution in [0.5, 0.6) is 5.75 Å². The van der Waals surface area contributed by atoms with E-state index >= 15 is 0 Å². The second-order valence-electron chi connectivity index (χ2n) is 4.64. The second-order valence-corrected chi connectivity index (χ2v) is 6.36. The number of carbonyl (C=O) groups is 1. The molecule has 0 amide bonds. The van der Waals surface area contributed by atoms with Gasteiger partial charge in [0.1, 0.15) is 11.3 Å². The van der Waals surface area contributed by atoms with Crippen LogP contribution in [0.4, 0.5) is 5.69 Å². The summed E-state index contributed by atoms with van der Waals surface area (Å²) < 4.78 is 2.40. The first kappa shape index (κ1) is 14.5. The lowest BCUT2D eigenvalue weighted by Gasteiger charge is -2.05. The second kappa shape index (κ2) is 5.40. The Hall–Kier alpha value is -2.44. The van der Waals surface area contributed by atoms with Crippen molar-refractivity contribution in [2.75, 3.05) is 5.73 Å². The van der Waals surface area contributed by atoms with E-state index in [1.807, 2.05) is 12.3 Å². The Morgan fingerprint density at radius 3 is 2.59 bits per heavy atom. The number of nitrogens with two attached hydrogens (primary N) is 1. The number of hydrogen-bond donors (Lipinski definition) is 3. The Balaban J connectivity index is 2.03. The smallest absolute Gasteiger partial charge is 0.339 e. The Bertz CT molecular complexity index is 870. The summed E-state index contributed by atoms with van der Waals surface area (Å²) in [6.45, 7) is 0. The van der Waals surface area contributed by atoms with Crippen LogP contribution in [0.25, 0.3) is 16.1 Å². The highest BCUT2D eigenvalue weighted by Gasteiger charge is 2.13. The Kier molecular flexibility index (Phi) is 3.56. The lowest BCUT2D eigenvalue weighted by molar-refractivity contribution is 0.0694. The van der Waals surface area contributed by atoms with Gasteiger partial charge in [0.05, 0.1) is 10.0 Å². The Labute approximate surface area is 134 Å². The molecule has 0 saturated heterocycles. The third-order valence-corrected chi connectivity index (χ3v) is 4.47. The van der Waals surface area contributed by atoms with Crippen LogP contribution in [0.3, 0.4) is 0 Å². The molecule has 1 aromatic carbocycles. The van der Waals surface area contributed by atoms with Crippen molar-refractivity contribution >= 4 is 34.6 Å². The standard InChI is InChI=1S/C15H11ClN2O3S/c16-14-4-3-13(22-14)10-6-18(7-11(10)17)8-1-2-9(15(20)21)12(19)5-8/h1-7,19H,17H2,(H,20,21). The molecule has 112 valence electrons. The van der Waals surface area contributed by atoms with Crippen molar-refractivity contribution in [2.24, 2.45) is 0 Å². The highest BCUT2D eigenvalue weighted by atomic mass is 35.5. The number of anilines is 1. The SMILES string of the molecule is Nc1cn(-c2ccc(C(=O)O)c(O)c2)cc1-c1ccc(Cl)s1. The predicted octanol–water partition coefficient (Wildman–Crippen LogP) is 3.85. The third-order valence-electron chi connectivity index (χ3n) is 3.21. The van der Waals surface area contributed by atoms with Crippen LogP contribution in [0.15, 0.2) is 42.7 Å². The average Bonchev–Trinajstić information content (AvgIpc) is 3.04. The summed E-state index contributed by atoms with van der Waals surface area (Å²) in [6.07, 6.45) is 3.52. The number of rotatable bonds is 3. The predicted molar refractivity (Wildman–Crippen MR) is 87.1 cm³/mol. The summed E-state index contributed by atoms with van der Waals surface area (Å²) in [5.74, 6) is -1.47. The first-order chi connectivity index (χ1) is 10.5. The number of benzene rings is 1. The van der Waals surface area contributed by atoms with Gasteiger partial charge >= 0.3 is 5.97 Å². The maximum Gasteiger partial charge on any atom is 0.339 e. The van der Waals surface area contributed by atoms with Crippen LogP contribution >= 0.6 is 22.9 Å². The van der Waals surface area contributed by atoms with Gasteiger partial charge in [0.2, 0.25) is 0 Å². The number of carboxylic acids is 1. The number of aromatic nitrogens is 1. The normalized spacial score (nSPS) is 10.8. The van der Waals surface area contributed by atoms with Gasteiger partial charge in [-0.2, -0.15) is 0 Å². The third kappa shape index (κ3) is 2.54. The molecule has 0 aliphatic rings. The minimum absolute atomic E-state index is 0.144. The Morgan fingerprint density at radius 1 is 1.23 bits per heavy atom. The van der Waals surface area contributed by atoms with Crippen LogP contribution in [0, 0.1) is 0 Å². The molecule has 0 saturated carbocycles. The maximum atomic E-state index is 10.9. The number of aromatic carboxylic acids is 1. The van der Waals surface area contributed by atoms with E-state index in [1.54, 1.807) is 22.9 Å². The fourth-order valence-electron chi connectivity index (χ4n) is 2.15. The van der Waals surface area contributed by atoms with E-state index in [0.717, 1.165) is 10.4 Å². The van der Waals surface area contributed by atoms with Gasteiger partial charge in [-0.25, -0.2) is 4.79 Å². The van der Waals surface area contributed by atoms with E-state index in [0.29, 0.717) is 15.7 Å². The number of hydrogen-bond acceptors (Lipinski definition) is 4. The van der Waals surface area contributed by atoms with Crippen LogP contribution in [0.1, 0.15) is 10.4 Å². The van der Waals surface area contributed by atoms with Gasteiger partial charge in [0.15, 0.2) is 0 Å².